The molecule has 1 saturated heterocycles. The molecule has 0 saturated carbocycles. The second-order valence-corrected chi connectivity index (χ2v) is 7.41. The molecule has 31 heavy (non-hydrogen) atoms. The molecule has 0 spiro atoms. The number of piperazine rings is 1. The minimum atomic E-state index is 0.0579. The zero-order chi connectivity index (χ0) is 21.8. The van der Waals surface area contributed by atoms with Crippen molar-refractivity contribution in [2.24, 2.45) is 0 Å². The van der Waals surface area contributed by atoms with Crippen molar-refractivity contribution in [1.29, 1.82) is 0 Å². The minimum absolute atomic E-state index is 0.0579. The molecule has 2 aromatic carbocycles. The molecule has 1 amide bonds. The molecular weight excluding hydrogens is 394 g/mol. The summed E-state index contributed by atoms with van der Waals surface area (Å²) in [7, 11) is 1.63. The first-order valence-corrected chi connectivity index (χ1v) is 10.4. The summed E-state index contributed by atoms with van der Waals surface area (Å²) in [4.78, 5) is 21.4. The highest BCUT2D eigenvalue weighted by molar-refractivity contribution is 5.95. The molecule has 162 valence electrons. The fourth-order valence-corrected chi connectivity index (χ4v) is 3.73. The van der Waals surface area contributed by atoms with Gasteiger partial charge in [-0.25, -0.2) is 4.98 Å². The molecule has 0 aliphatic carbocycles. The van der Waals surface area contributed by atoms with Crippen molar-refractivity contribution in [2.45, 2.75) is 20.4 Å². The average Bonchev–Trinajstić information content (AvgIpc) is 3.14. The van der Waals surface area contributed by atoms with Gasteiger partial charge in [0.2, 0.25) is 11.8 Å². The number of para-hydroxylation sites is 1. The lowest BCUT2D eigenvalue weighted by molar-refractivity contribution is -0.121. The van der Waals surface area contributed by atoms with Gasteiger partial charge in [-0.1, -0.05) is 18.2 Å². The van der Waals surface area contributed by atoms with E-state index in [1.165, 1.54) is 0 Å². The van der Waals surface area contributed by atoms with E-state index in [0.29, 0.717) is 32.1 Å². The lowest BCUT2D eigenvalue weighted by Crippen LogP contribution is -2.50. The zero-order valence-electron chi connectivity index (χ0n) is 18.1. The van der Waals surface area contributed by atoms with Crippen LogP contribution in [0.3, 0.4) is 0 Å². The molecule has 0 N–H and O–H groups in total. The first-order chi connectivity index (χ1) is 15.1. The molecule has 2 heterocycles. The summed E-state index contributed by atoms with van der Waals surface area (Å²) in [6, 6.07) is 15.3. The van der Waals surface area contributed by atoms with Crippen molar-refractivity contribution in [2.75, 3.05) is 38.3 Å². The highest BCUT2D eigenvalue weighted by Crippen LogP contribution is 2.31. The number of oxazole rings is 1. The molecule has 1 fully saturated rings. The highest BCUT2D eigenvalue weighted by atomic mass is 16.5. The fourth-order valence-electron chi connectivity index (χ4n) is 3.73. The monoisotopic (exact) mass is 421 g/mol. The second-order valence-electron chi connectivity index (χ2n) is 7.41. The number of ether oxygens (including phenoxy) is 2. The third-order valence-electron chi connectivity index (χ3n) is 5.35. The third-order valence-corrected chi connectivity index (χ3v) is 5.35. The summed E-state index contributed by atoms with van der Waals surface area (Å²) in [6.45, 7) is 6.68. The Bertz CT molecular complexity index is 1060. The van der Waals surface area contributed by atoms with Crippen LogP contribution in [0.15, 0.2) is 52.9 Å². The van der Waals surface area contributed by atoms with E-state index in [1.54, 1.807) is 12.0 Å². The summed E-state index contributed by atoms with van der Waals surface area (Å²) in [5.41, 5.74) is 2.53. The number of hydrogen-bond donors (Lipinski definition) is 0. The molecule has 0 bridgehead atoms. The van der Waals surface area contributed by atoms with E-state index in [0.717, 1.165) is 40.7 Å². The van der Waals surface area contributed by atoms with E-state index in [4.69, 9.17) is 18.9 Å². The van der Waals surface area contributed by atoms with Crippen LogP contribution in [0, 0.1) is 6.92 Å². The highest BCUT2D eigenvalue weighted by Gasteiger charge is 2.27. The normalized spacial score (nSPS) is 14.7. The number of hydrogen-bond acceptors (Lipinski definition) is 6. The van der Waals surface area contributed by atoms with Crippen LogP contribution >= 0.6 is 0 Å². The number of aromatic nitrogens is 1. The molecule has 3 aromatic rings. The van der Waals surface area contributed by atoms with Gasteiger partial charge in [-0.15, -0.1) is 0 Å². The number of amides is 1. The number of rotatable bonds is 7. The van der Waals surface area contributed by atoms with Gasteiger partial charge in [-0.2, -0.15) is 0 Å². The Labute approximate surface area is 182 Å². The summed E-state index contributed by atoms with van der Waals surface area (Å²) in [5.74, 6) is 2.84. The van der Waals surface area contributed by atoms with Gasteiger partial charge in [0, 0.05) is 31.4 Å². The van der Waals surface area contributed by atoms with Crippen LogP contribution in [0.2, 0.25) is 0 Å². The van der Waals surface area contributed by atoms with E-state index in [1.807, 2.05) is 62.4 Å². The largest absolute Gasteiger partial charge is 0.497 e. The minimum Gasteiger partial charge on any atom is -0.497 e. The van der Waals surface area contributed by atoms with Crippen molar-refractivity contribution in [1.82, 2.24) is 9.88 Å². The van der Waals surface area contributed by atoms with Crippen LogP contribution in [-0.2, 0) is 11.3 Å². The Morgan fingerprint density at radius 3 is 2.74 bits per heavy atom. The number of benzene rings is 2. The van der Waals surface area contributed by atoms with Crippen LogP contribution in [0.25, 0.3) is 11.5 Å². The Morgan fingerprint density at radius 2 is 1.97 bits per heavy atom. The smallest absolute Gasteiger partial charge is 0.241 e. The molecular formula is C24H27N3O4. The third kappa shape index (κ3) is 4.56. The number of carbonyl (C=O) groups excluding carboxylic acids is 1. The van der Waals surface area contributed by atoms with Crippen LogP contribution in [0.1, 0.15) is 18.4 Å². The Kier molecular flexibility index (Phi) is 6.23. The van der Waals surface area contributed by atoms with E-state index in [2.05, 4.69) is 4.90 Å². The SMILES string of the molecule is CCOc1ccccc1-c1nc(CN2CCN(c3cccc(OC)c3)C(=O)C2)c(C)o1. The molecule has 0 unspecified atom stereocenters. The molecule has 1 aromatic heterocycles. The summed E-state index contributed by atoms with van der Waals surface area (Å²) < 4.78 is 16.9. The van der Waals surface area contributed by atoms with Gasteiger partial charge < -0.3 is 18.8 Å². The van der Waals surface area contributed by atoms with Crippen molar-refractivity contribution < 1.29 is 18.7 Å². The maximum atomic E-state index is 12.8. The van der Waals surface area contributed by atoms with Gasteiger partial charge in [0.05, 0.1) is 31.5 Å². The van der Waals surface area contributed by atoms with E-state index in [-0.39, 0.29) is 5.91 Å². The Balaban J connectivity index is 1.46. The van der Waals surface area contributed by atoms with Crippen LogP contribution < -0.4 is 14.4 Å². The maximum absolute atomic E-state index is 12.8. The second kappa shape index (κ2) is 9.22. The van der Waals surface area contributed by atoms with E-state index < -0.39 is 0 Å². The Hall–Kier alpha value is -3.32. The molecule has 4 rings (SSSR count). The molecule has 1 aliphatic rings. The summed E-state index contributed by atoms with van der Waals surface area (Å²) in [6.07, 6.45) is 0. The number of methoxy groups -OCH3 is 1. The summed E-state index contributed by atoms with van der Waals surface area (Å²) in [5, 5.41) is 0. The fraction of sp³-hybridized carbons (Fsp3) is 0.333. The van der Waals surface area contributed by atoms with Gasteiger partial charge >= 0.3 is 0 Å². The number of carbonyl (C=O) groups is 1. The van der Waals surface area contributed by atoms with Crippen LogP contribution in [0.5, 0.6) is 11.5 Å². The van der Waals surface area contributed by atoms with Gasteiger partial charge in [0.1, 0.15) is 17.3 Å². The van der Waals surface area contributed by atoms with Crippen molar-refractivity contribution >= 4 is 11.6 Å². The number of aryl methyl sites for hydroxylation is 1. The van der Waals surface area contributed by atoms with Crippen LogP contribution in [0.4, 0.5) is 5.69 Å². The first-order valence-electron chi connectivity index (χ1n) is 10.4. The van der Waals surface area contributed by atoms with Gasteiger partial charge in [0.15, 0.2) is 0 Å². The molecule has 7 heteroatoms. The molecule has 7 nitrogen and oxygen atoms in total. The van der Waals surface area contributed by atoms with Gasteiger partial charge in [-0.3, -0.25) is 9.69 Å². The lowest BCUT2D eigenvalue weighted by atomic mass is 10.2. The Morgan fingerprint density at radius 1 is 1.13 bits per heavy atom. The van der Waals surface area contributed by atoms with Crippen LogP contribution in [-0.4, -0.2) is 49.1 Å². The maximum Gasteiger partial charge on any atom is 0.241 e. The zero-order valence-corrected chi connectivity index (χ0v) is 18.1. The van der Waals surface area contributed by atoms with Crippen molar-refractivity contribution in [3.05, 3.63) is 60.0 Å². The van der Waals surface area contributed by atoms with Crippen molar-refractivity contribution in [3.8, 4) is 23.0 Å². The quantitative estimate of drug-likeness (QED) is 0.576. The molecule has 1 aliphatic heterocycles. The average molecular weight is 421 g/mol. The lowest BCUT2D eigenvalue weighted by Gasteiger charge is -2.34. The predicted octanol–water partition coefficient (Wildman–Crippen LogP) is 3.91. The van der Waals surface area contributed by atoms with Gasteiger partial charge in [0.25, 0.3) is 0 Å². The standard InChI is InChI=1S/C24H27N3O4/c1-4-30-22-11-6-5-10-20(22)24-25-21(17(2)31-24)15-26-12-13-27(23(28)16-26)18-8-7-9-19(14-18)29-3/h5-11,14H,4,12-13,15-16H2,1-3H3. The molecule has 0 atom stereocenters. The molecule has 0 radical (unpaired) electrons. The number of nitrogens with zero attached hydrogens (tertiary/aromatic N) is 3. The van der Waals surface area contributed by atoms with Crippen molar-refractivity contribution in [3.63, 3.8) is 0 Å². The number of anilines is 1. The van der Waals surface area contributed by atoms with E-state index >= 15 is 0 Å². The van der Waals surface area contributed by atoms with Gasteiger partial charge in [-0.05, 0) is 38.1 Å². The predicted molar refractivity (Wildman–Crippen MR) is 118 cm³/mol. The first kappa shape index (κ1) is 20.9. The van der Waals surface area contributed by atoms with E-state index in [9.17, 15) is 4.79 Å². The summed E-state index contributed by atoms with van der Waals surface area (Å²) >= 11 is 0. The topological polar surface area (TPSA) is 68.0 Å².